The van der Waals surface area contributed by atoms with E-state index >= 15 is 0 Å². The molecule has 8 heteroatoms. The number of aromatic carboxylic acids is 1. The van der Waals surface area contributed by atoms with Crippen LogP contribution in [-0.2, 0) is 7.05 Å². The fourth-order valence-corrected chi connectivity index (χ4v) is 4.70. The quantitative estimate of drug-likeness (QED) is 0.565. The molecule has 142 valence electrons. The van der Waals surface area contributed by atoms with Gasteiger partial charge in [-0.15, -0.1) is 11.3 Å². The molecule has 0 spiro atoms. The number of carboxylic acid groups (broad SMARTS) is 1. The minimum absolute atomic E-state index is 0.297. The molecule has 0 aliphatic heterocycles. The van der Waals surface area contributed by atoms with Crippen molar-refractivity contribution >= 4 is 22.8 Å². The molecule has 4 aromatic heterocycles. The number of nitrogens with zero attached hydrogens (tertiary/aromatic N) is 5. The monoisotopic (exact) mass is 393 g/mol. The molecule has 0 saturated heterocycles. The average molecular weight is 393 g/mol. The summed E-state index contributed by atoms with van der Waals surface area (Å²) in [6.07, 6.45) is 5.80. The maximum Gasteiger partial charge on any atom is 0.347 e. The number of rotatable bonds is 4. The third-order valence-corrected chi connectivity index (χ3v) is 6.47. The van der Waals surface area contributed by atoms with Gasteiger partial charge in [-0.2, -0.15) is 10.2 Å². The summed E-state index contributed by atoms with van der Waals surface area (Å²) in [6.45, 7) is 4.04. The number of fused-ring (bicyclic) bond motifs is 1. The molecule has 0 unspecified atom stereocenters. The molecule has 1 aliphatic carbocycles. The second kappa shape index (κ2) is 6.00. The van der Waals surface area contributed by atoms with Crippen molar-refractivity contribution in [2.45, 2.75) is 32.6 Å². The van der Waals surface area contributed by atoms with Gasteiger partial charge in [-0.25, -0.2) is 14.3 Å². The van der Waals surface area contributed by atoms with Gasteiger partial charge in [0.05, 0.1) is 23.1 Å². The number of hydrogen-bond donors (Lipinski definition) is 1. The highest BCUT2D eigenvalue weighted by Crippen LogP contribution is 2.44. The van der Waals surface area contributed by atoms with Crippen LogP contribution < -0.4 is 0 Å². The Hall–Kier alpha value is -3.00. The van der Waals surface area contributed by atoms with Crippen molar-refractivity contribution in [1.29, 1.82) is 0 Å². The van der Waals surface area contributed by atoms with Crippen LogP contribution in [0, 0.1) is 13.8 Å². The third kappa shape index (κ3) is 2.56. The lowest BCUT2D eigenvalue weighted by Crippen LogP contribution is -1.97. The van der Waals surface area contributed by atoms with Crippen molar-refractivity contribution in [3.8, 4) is 21.7 Å². The number of aryl methyl sites for hydroxylation is 2. The summed E-state index contributed by atoms with van der Waals surface area (Å²) in [6, 6.07) is 3.98. The van der Waals surface area contributed by atoms with Gasteiger partial charge in [-0.3, -0.25) is 4.68 Å². The van der Waals surface area contributed by atoms with Crippen LogP contribution in [0.5, 0.6) is 0 Å². The van der Waals surface area contributed by atoms with Gasteiger partial charge in [0.15, 0.2) is 0 Å². The van der Waals surface area contributed by atoms with Gasteiger partial charge in [-0.1, -0.05) is 0 Å². The van der Waals surface area contributed by atoms with Crippen molar-refractivity contribution in [1.82, 2.24) is 24.4 Å². The van der Waals surface area contributed by atoms with Crippen LogP contribution in [0.2, 0.25) is 0 Å². The highest BCUT2D eigenvalue weighted by Gasteiger charge is 2.32. The Bertz CT molecular complexity index is 1250. The normalized spacial score (nSPS) is 14.1. The van der Waals surface area contributed by atoms with E-state index in [4.69, 9.17) is 0 Å². The maximum absolute atomic E-state index is 11.6. The number of hydrogen-bond acceptors (Lipinski definition) is 5. The minimum atomic E-state index is -0.890. The summed E-state index contributed by atoms with van der Waals surface area (Å²) in [5.41, 5.74) is 6.74. The second-order valence-electron chi connectivity index (χ2n) is 7.29. The van der Waals surface area contributed by atoms with Crippen LogP contribution in [0.4, 0.5) is 0 Å². The second-order valence-corrected chi connectivity index (χ2v) is 8.28. The SMILES string of the molecule is Cc1nn(C)c(C)c1-c1cnn2ccc(-c3nc(C4CC4)c(C(=O)O)s3)cc12. The van der Waals surface area contributed by atoms with Gasteiger partial charge >= 0.3 is 5.97 Å². The summed E-state index contributed by atoms with van der Waals surface area (Å²) in [7, 11) is 1.94. The Labute approximate surface area is 165 Å². The molecule has 28 heavy (non-hydrogen) atoms. The van der Waals surface area contributed by atoms with Crippen LogP contribution in [-0.4, -0.2) is 35.5 Å². The van der Waals surface area contributed by atoms with Crippen molar-refractivity contribution < 1.29 is 9.90 Å². The molecule has 1 saturated carbocycles. The fraction of sp³-hybridized carbons (Fsp3) is 0.300. The topological polar surface area (TPSA) is 85.3 Å². The largest absolute Gasteiger partial charge is 0.477 e. The van der Waals surface area contributed by atoms with Gasteiger partial charge in [0.25, 0.3) is 0 Å². The molecule has 1 aliphatic rings. The molecule has 4 heterocycles. The van der Waals surface area contributed by atoms with Crippen molar-refractivity contribution in [2.75, 3.05) is 0 Å². The average Bonchev–Trinajstić information content (AvgIpc) is 3.18. The molecule has 0 bridgehead atoms. The van der Waals surface area contributed by atoms with Crippen molar-refractivity contribution in [3.63, 3.8) is 0 Å². The molecule has 7 nitrogen and oxygen atoms in total. The standard InChI is InChI=1S/C20H19N5O2S/c1-10-16(11(2)24(3)23-10)14-9-21-25-7-6-13(8-15(14)25)19-22-17(12-4-5-12)18(28-19)20(26)27/h6-9,12H,4-5H2,1-3H3,(H,26,27). The highest BCUT2D eigenvalue weighted by atomic mass is 32.1. The zero-order valence-corrected chi connectivity index (χ0v) is 16.6. The van der Waals surface area contributed by atoms with Crippen LogP contribution in [0.3, 0.4) is 0 Å². The lowest BCUT2D eigenvalue weighted by molar-refractivity contribution is 0.0700. The maximum atomic E-state index is 11.6. The van der Waals surface area contributed by atoms with Crippen LogP contribution in [0.15, 0.2) is 24.5 Å². The van der Waals surface area contributed by atoms with Gasteiger partial charge in [0.1, 0.15) is 9.88 Å². The number of carboxylic acids is 1. The first-order valence-electron chi connectivity index (χ1n) is 9.16. The summed E-state index contributed by atoms with van der Waals surface area (Å²) in [5, 5.41) is 19.3. The Balaban J connectivity index is 1.67. The Kier molecular flexibility index (Phi) is 3.67. The Morgan fingerprint density at radius 1 is 1.32 bits per heavy atom. The van der Waals surface area contributed by atoms with Gasteiger partial charge in [-0.05, 0) is 38.8 Å². The minimum Gasteiger partial charge on any atom is -0.477 e. The predicted molar refractivity (Wildman–Crippen MR) is 107 cm³/mol. The molecule has 0 amide bonds. The van der Waals surface area contributed by atoms with E-state index in [-0.39, 0.29) is 0 Å². The molecular formula is C20H19N5O2S. The van der Waals surface area contributed by atoms with Crippen LogP contribution in [0.25, 0.3) is 27.2 Å². The van der Waals surface area contributed by atoms with E-state index in [1.165, 1.54) is 11.3 Å². The fourth-order valence-electron chi connectivity index (χ4n) is 3.71. The predicted octanol–water partition coefficient (Wildman–Crippen LogP) is 4.05. The van der Waals surface area contributed by atoms with Crippen LogP contribution in [0.1, 0.15) is 45.5 Å². The number of carbonyl (C=O) groups is 1. The van der Waals surface area contributed by atoms with Crippen molar-refractivity contribution in [3.05, 3.63) is 46.5 Å². The Morgan fingerprint density at radius 3 is 2.75 bits per heavy atom. The lowest BCUT2D eigenvalue weighted by Gasteiger charge is -2.03. The molecular weight excluding hydrogens is 374 g/mol. The first-order chi connectivity index (χ1) is 13.4. The van der Waals surface area contributed by atoms with Crippen molar-refractivity contribution in [2.24, 2.45) is 7.05 Å². The van der Waals surface area contributed by atoms with E-state index in [9.17, 15) is 9.90 Å². The zero-order valence-electron chi connectivity index (χ0n) is 15.8. The molecule has 0 radical (unpaired) electrons. The molecule has 5 rings (SSSR count). The molecule has 0 aromatic carbocycles. The van der Waals surface area contributed by atoms with E-state index in [0.717, 1.165) is 57.1 Å². The molecule has 1 N–H and O–H groups in total. The number of aromatic nitrogens is 5. The van der Waals surface area contributed by atoms with E-state index < -0.39 is 5.97 Å². The summed E-state index contributed by atoms with van der Waals surface area (Å²) >= 11 is 1.26. The summed E-state index contributed by atoms with van der Waals surface area (Å²) in [5.74, 6) is -0.593. The lowest BCUT2D eigenvalue weighted by atomic mass is 10.0. The highest BCUT2D eigenvalue weighted by molar-refractivity contribution is 7.17. The first kappa shape index (κ1) is 17.1. The van der Waals surface area contributed by atoms with Gasteiger partial charge in [0, 0.05) is 41.5 Å². The van der Waals surface area contributed by atoms with Gasteiger partial charge in [0.2, 0.25) is 0 Å². The first-order valence-corrected chi connectivity index (χ1v) is 9.98. The number of thiazole rings is 1. The third-order valence-electron chi connectivity index (χ3n) is 5.36. The van der Waals surface area contributed by atoms with E-state index in [0.29, 0.717) is 10.8 Å². The van der Waals surface area contributed by atoms with E-state index in [1.807, 2.05) is 54.6 Å². The molecule has 0 atom stereocenters. The van der Waals surface area contributed by atoms with E-state index in [1.54, 1.807) is 0 Å². The smallest absolute Gasteiger partial charge is 0.347 e. The molecule has 4 aromatic rings. The summed E-state index contributed by atoms with van der Waals surface area (Å²) in [4.78, 5) is 16.7. The Morgan fingerprint density at radius 2 is 2.11 bits per heavy atom. The molecule has 1 fully saturated rings. The van der Waals surface area contributed by atoms with Gasteiger partial charge < -0.3 is 5.11 Å². The van der Waals surface area contributed by atoms with E-state index in [2.05, 4.69) is 15.2 Å². The summed E-state index contributed by atoms with van der Waals surface area (Å²) < 4.78 is 3.71. The zero-order chi connectivity index (χ0) is 19.6. The van der Waals surface area contributed by atoms with Crippen LogP contribution >= 0.6 is 11.3 Å². The number of pyridine rings is 1.